The van der Waals surface area contributed by atoms with Crippen LogP contribution in [0.2, 0.25) is 10.0 Å². The lowest BCUT2D eigenvalue weighted by molar-refractivity contribution is -0.127. The zero-order valence-electron chi connectivity index (χ0n) is 14.7. The van der Waals surface area contributed by atoms with Gasteiger partial charge in [-0.1, -0.05) is 53.2 Å². The van der Waals surface area contributed by atoms with Gasteiger partial charge in [0.2, 0.25) is 11.8 Å². The molecule has 5 nitrogen and oxygen atoms in total. The second-order valence-electron chi connectivity index (χ2n) is 6.09. The van der Waals surface area contributed by atoms with Gasteiger partial charge in [-0.05, 0) is 36.8 Å². The van der Waals surface area contributed by atoms with Gasteiger partial charge in [0, 0.05) is 19.2 Å². The SMILES string of the molecule is Cc1cccc(NC(=O)CC2SC(=Nc3cccc(Cl)c3Cl)N(C)C2=O)c1. The minimum absolute atomic E-state index is 0.0596. The number of aryl methyl sites for hydroxylation is 1. The number of hydrogen-bond donors (Lipinski definition) is 1. The van der Waals surface area contributed by atoms with E-state index in [2.05, 4.69) is 10.3 Å². The first-order valence-electron chi connectivity index (χ1n) is 8.18. The van der Waals surface area contributed by atoms with Crippen LogP contribution in [0.4, 0.5) is 11.4 Å². The number of anilines is 1. The van der Waals surface area contributed by atoms with Crippen molar-refractivity contribution in [3.05, 3.63) is 58.1 Å². The summed E-state index contributed by atoms with van der Waals surface area (Å²) in [4.78, 5) is 30.7. The van der Waals surface area contributed by atoms with Crippen molar-refractivity contribution in [1.29, 1.82) is 0 Å². The minimum Gasteiger partial charge on any atom is -0.326 e. The molecule has 1 aliphatic heterocycles. The Morgan fingerprint density at radius 3 is 2.74 bits per heavy atom. The zero-order valence-corrected chi connectivity index (χ0v) is 17.0. The zero-order chi connectivity index (χ0) is 19.6. The smallest absolute Gasteiger partial charge is 0.242 e. The van der Waals surface area contributed by atoms with Gasteiger partial charge < -0.3 is 5.32 Å². The molecular weight excluding hydrogens is 405 g/mol. The minimum atomic E-state index is -0.531. The second-order valence-corrected chi connectivity index (χ2v) is 8.05. The van der Waals surface area contributed by atoms with Gasteiger partial charge in [0.15, 0.2) is 5.17 Å². The molecule has 2 amide bonds. The summed E-state index contributed by atoms with van der Waals surface area (Å²) < 4.78 is 0. The maximum atomic E-state index is 12.5. The molecule has 1 saturated heterocycles. The summed E-state index contributed by atoms with van der Waals surface area (Å²) >= 11 is 13.4. The summed E-state index contributed by atoms with van der Waals surface area (Å²) in [5.74, 6) is -0.391. The highest BCUT2D eigenvalue weighted by Crippen LogP contribution is 2.35. The van der Waals surface area contributed by atoms with E-state index < -0.39 is 5.25 Å². The van der Waals surface area contributed by atoms with Gasteiger partial charge in [0.25, 0.3) is 0 Å². The maximum Gasteiger partial charge on any atom is 0.242 e. The van der Waals surface area contributed by atoms with Crippen LogP contribution in [0.25, 0.3) is 0 Å². The molecule has 1 N–H and O–H groups in total. The van der Waals surface area contributed by atoms with Crippen LogP contribution in [-0.2, 0) is 9.59 Å². The van der Waals surface area contributed by atoms with E-state index >= 15 is 0 Å². The lowest BCUT2D eigenvalue weighted by Gasteiger charge is -2.10. The summed E-state index contributed by atoms with van der Waals surface area (Å²) in [5, 5.41) is 3.50. The molecule has 1 heterocycles. The van der Waals surface area contributed by atoms with Crippen LogP contribution >= 0.6 is 35.0 Å². The number of nitrogens with zero attached hydrogens (tertiary/aromatic N) is 2. The largest absolute Gasteiger partial charge is 0.326 e. The van der Waals surface area contributed by atoms with Crippen molar-refractivity contribution in [3.63, 3.8) is 0 Å². The molecule has 1 atom stereocenters. The van der Waals surface area contributed by atoms with Crippen molar-refractivity contribution >= 4 is 63.3 Å². The number of benzene rings is 2. The summed E-state index contributed by atoms with van der Waals surface area (Å²) in [7, 11) is 1.63. The number of rotatable bonds is 4. The highest BCUT2D eigenvalue weighted by molar-refractivity contribution is 8.15. The Kier molecular flexibility index (Phi) is 6.09. The normalized spacial score (nSPS) is 18.2. The Morgan fingerprint density at radius 1 is 1.26 bits per heavy atom. The topological polar surface area (TPSA) is 61.8 Å². The Labute approximate surface area is 171 Å². The van der Waals surface area contributed by atoms with Crippen molar-refractivity contribution in [2.24, 2.45) is 4.99 Å². The summed E-state index contributed by atoms with van der Waals surface area (Å²) in [6, 6.07) is 12.6. The highest BCUT2D eigenvalue weighted by Gasteiger charge is 2.37. The van der Waals surface area contributed by atoms with Crippen molar-refractivity contribution < 1.29 is 9.59 Å². The summed E-state index contributed by atoms with van der Waals surface area (Å²) in [5.41, 5.74) is 2.24. The van der Waals surface area contributed by atoms with Crippen LogP contribution in [0, 0.1) is 6.92 Å². The Morgan fingerprint density at radius 2 is 2.00 bits per heavy atom. The number of amides is 2. The number of carbonyl (C=O) groups is 2. The molecule has 0 saturated carbocycles. The standard InChI is InChI=1S/C19H17Cl2N3O2S/c1-11-5-3-6-12(9-11)22-16(25)10-15-18(26)24(2)19(27-15)23-14-8-4-7-13(20)17(14)21/h3-9,15H,10H2,1-2H3,(H,22,25). The fraction of sp³-hybridized carbons (Fsp3) is 0.211. The van der Waals surface area contributed by atoms with Gasteiger partial charge in [0.1, 0.15) is 5.25 Å². The van der Waals surface area contributed by atoms with Gasteiger partial charge in [-0.2, -0.15) is 0 Å². The molecule has 27 heavy (non-hydrogen) atoms. The molecule has 2 aromatic carbocycles. The number of nitrogens with one attached hydrogen (secondary N) is 1. The molecule has 1 unspecified atom stereocenters. The van der Waals surface area contributed by atoms with Gasteiger partial charge in [-0.3, -0.25) is 14.5 Å². The van der Waals surface area contributed by atoms with Crippen LogP contribution in [0.1, 0.15) is 12.0 Å². The molecular formula is C19H17Cl2N3O2S. The van der Waals surface area contributed by atoms with E-state index in [9.17, 15) is 9.59 Å². The summed E-state index contributed by atoms with van der Waals surface area (Å²) in [6.45, 7) is 1.95. The third kappa shape index (κ3) is 4.64. The third-order valence-corrected chi connectivity index (χ3v) is 6.00. The van der Waals surface area contributed by atoms with Crippen LogP contribution in [-0.4, -0.2) is 34.2 Å². The number of hydrogen-bond acceptors (Lipinski definition) is 4. The predicted molar refractivity (Wildman–Crippen MR) is 112 cm³/mol. The Bertz CT molecular complexity index is 933. The average Bonchev–Trinajstić information content (AvgIpc) is 2.87. The molecule has 0 aromatic heterocycles. The first-order chi connectivity index (χ1) is 12.8. The van der Waals surface area contributed by atoms with Crippen molar-refractivity contribution in [2.75, 3.05) is 12.4 Å². The lowest BCUT2D eigenvalue weighted by Crippen LogP contribution is -2.30. The number of carbonyl (C=O) groups excluding carboxylic acids is 2. The van der Waals surface area contributed by atoms with Gasteiger partial charge in [-0.25, -0.2) is 4.99 Å². The van der Waals surface area contributed by atoms with Crippen molar-refractivity contribution in [3.8, 4) is 0 Å². The first-order valence-corrected chi connectivity index (χ1v) is 9.82. The predicted octanol–water partition coefficient (Wildman–Crippen LogP) is 4.89. The quantitative estimate of drug-likeness (QED) is 0.763. The lowest BCUT2D eigenvalue weighted by atomic mass is 10.2. The van der Waals surface area contributed by atoms with E-state index in [1.54, 1.807) is 25.2 Å². The van der Waals surface area contributed by atoms with Gasteiger partial charge >= 0.3 is 0 Å². The van der Waals surface area contributed by atoms with Crippen molar-refractivity contribution in [1.82, 2.24) is 4.90 Å². The van der Waals surface area contributed by atoms with E-state index in [1.807, 2.05) is 31.2 Å². The Hall–Kier alpha value is -2.02. The van der Waals surface area contributed by atoms with Crippen LogP contribution in [0.15, 0.2) is 47.5 Å². The van der Waals surface area contributed by atoms with Gasteiger partial charge in [-0.15, -0.1) is 0 Å². The number of amidine groups is 1. The molecule has 1 fully saturated rings. The molecule has 8 heteroatoms. The highest BCUT2D eigenvalue weighted by atomic mass is 35.5. The molecule has 0 spiro atoms. The number of halogens is 2. The van der Waals surface area contributed by atoms with E-state index in [4.69, 9.17) is 23.2 Å². The van der Waals surface area contributed by atoms with E-state index in [-0.39, 0.29) is 18.2 Å². The fourth-order valence-corrected chi connectivity index (χ4v) is 4.07. The van der Waals surface area contributed by atoms with E-state index in [0.29, 0.717) is 26.6 Å². The molecule has 2 aromatic rings. The van der Waals surface area contributed by atoms with Crippen LogP contribution in [0.3, 0.4) is 0 Å². The molecule has 0 aliphatic carbocycles. The fourth-order valence-electron chi connectivity index (χ4n) is 2.58. The third-order valence-electron chi connectivity index (χ3n) is 3.96. The second kappa shape index (κ2) is 8.33. The van der Waals surface area contributed by atoms with E-state index in [1.165, 1.54) is 16.7 Å². The van der Waals surface area contributed by atoms with Gasteiger partial charge in [0.05, 0.1) is 15.7 Å². The molecule has 1 aliphatic rings. The Balaban J connectivity index is 1.71. The van der Waals surface area contributed by atoms with Crippen LogP contribution < -0.4 is 5.32 Å². The molecule has 0 bridgehead atoms. The van der Waals surface area contributed by atoms with E-state index in [0.717, 1.165) is 5.56 Å². The van der Waals surface area contributed by atoms with Crippen LogP contribution in [0.5, 0.6) is 0 Å². The molecule has 140 valence electrons. The number of thioether (sulfide) groups is 1. The van der Waals surface area contributed by atoms with Crippen molar-refractivity contribution in [2.45, 2.75) is 18.6 Å². The first kappa shape index (κ1) is 19.7. The summed E-state index contributed by atoms with van der Waals surface area (Å²) in [6.07, 6.45) is 0.0596. The molecule has 3 rings (SSSR count). The molecule has 0 radical (unpaired) electrons. The number of aliphatic imine (C=N–C) groups is 1. The average molecular weight is 422 g/mol. The monoisotopic (exact) mass is 421 g/mol. The maximum absolute atomic E-state index is 12.5.